The number of hydrogen-bond donors (Lipinski definition) is 5. The van der Waals surface area contributed by atoms with Crippen LogP contribution in [0.1, 0.15) is 85.6 Å². The van der Waals surface area contributed by atoms with Crippen LogP contribution in [0.3, 0.4) is 0 Å². The first-order valence-electron chi connectivity index (χ1n) is 16.1. The van der Waals surface area contributed by atoms with Gasteiger partial charge in [0.2, 0.25) is 17.7 Å². The molecule has 0 radical (unpaired) electrons. The second kappa shape index (κ2) is 18.6. The predicted molar refractivity (Wildman–Crippen MR) is 173 cm³/mol. The summed E-state index contributed by atoms with van der Waals surface area (Å²) in [5.74, 6) is -1.37. The van der Waals surface area contributed by atoms with E-state index in [1.54, 1.807) is 0 Å². The van der Waals surface area contributed by atoms with E-state index in [2.05, 4.69) is 16.0 Å². The molecule has 0 aromatic heterocycles. The lowest BCUT2D eigenvalue weighted by atomic mass is 9.90. The maximum atomic E-state index is 13.6. The highest BCUT2D eigenvalue weighted by atomic mass is 16.3. The van der Waals surface area contributed by atoms with Crippen molar-refractivity contribution in [2.45, 2.75) is 105 Å². The van der Waals surface area contributed by atoms with Crippen LogP contribution < -0.4 is 16.0 Å². The molecule has 5 N–H and O–H groups in total. The minimum absolute atomic E-state index is 0.0841. The molecule has 8 nitrogen and oxygen atoms in total. The van der Waals surface area contributed by atoms with E-state index in [0.717, 1.165) is 29.2 Å². The topological polar surface area (TPSA) is 128 Å². The van der Waals surface area contributed by atoms with Crippen LogP contribution >= 0.6 is 0 Å². The molecule has 0 saturated heterocycles. The molecule has 2 aromatic rings. The Hall–Kier alpha value is -2.97. The highest BCUT2D eigenvalue weighted by molar-refractivity contribution is 5.90. The smallest absolute Gasteiger partial charge is 0.242 e. The third-order valence-corrected chi connectivity index (χ3v) is 8.01. The van der Waals surface area contributed by atoms with Crippen molar-refractivity contribution in [2.75, 3.05) is 13.2 Å². The van der Waals surface area contributed by atoms with Gasteiger partial charge in [-0.05, 0) is 60.3 Å². The van der Waals surface area contributed by atoms with Crippen molar-refractivity contribution in [2.24, 2.45) is 23.7 Å². The number of aliphatic hydroxyl groups is 2. The van der Waals surface area contributed by atoms with Crippen LogP contribution in [0.5, 0.6) is 0 Å². The first-order valence-corrected chi connectivity index (χ1v) is 16.1. The van der Waals surface area contributed by atoms with Gasteiger partial charge in [0.1, 0.15) is 6.04 Å². The molecule has 2 unspecified atom stereocenters. The summed E-state index contributed by atoms with van der Waals surface area (Å²) >= 11 is 0. The summed E-state index contributed by atoms with van der Waals surface area (Å²) in [6, 6.07) is 12.5. The number of carbonyl (C=O) groups is 3. The van der Waals surface area contributed by atoms with Crippen LogP contribution in [0, 0.1) is 23.7 Å². The Bertz CT molecular complexity index is 1150. The fraction of sp³-hybridized carbons (Fsp3) is 0.629. The van der Waals surface area contributed by atoms with E-state index in [0.29, 0.717) is 38.1 Å². The summed E-state index contributed by atoms with van der Waals surface area (Å²) in [7, 11) is 0. The van der Waals surface area contributed by atoms with Crippen molar-refractivity contribution in [1.29, 1.82) is 0 Å². The monoisotopic (exact) mass is 597 g/mol. The molecule has 0 bridgehead atoms. The predicted octanol–water partition coefficient (Wildman–Crippen LogP) is 4.75. The molecule has 0 fully saturated rings. The van der Waals surface area contributed by atoms with Gasteiger partial charge in [-0.15, -0.1) is 0 Å². The van der Waals surface area contributed by atoms with E-state index in [1.807, 2.05) is 84.0 Å². The zero-order chi connectivity index (χ0) is 31.9. The maximum absolute atomic E-state index is 13.6. The zero-order valence-electron chi connectivity index (χ0n) is 27.1. The van der Waals surface area contributed by atoms with Gasteiger partial charge in [0.15, 0.2) is 0 Å². The molecule has 0 spiro atoms. The summed E-state index contributed by atoms with van der Waals surface area (Å²) in [6.07, 6.45) is 2.81. The van der Waals surface area contributed by atoms with Crippen molar-refractivity contribution < 1.29 is 24.6 Å². The molecule has 2 rings (SSSR count). The lowest BCUT2D eigenvalue weighted by Crippen LogP contribution is -2.54. The molecular weight excluding hydrogens is 542 g/mol. The van der Waals surface area contributed by atoms with Crippen LogP contribution in [-0.2, 0) is 20.8 Å². The zero-order valence-corrected chi connectivity index (χ0v) is 27.1. The largest absolute Gasteiger partial charge is 0.396 e. The average Bonchev–Trinajstić information content (AvgIpc) is 2.98. The molecule has 240 valence electrons. The molecule has 5 atom stereocenters. The van der Waals surface area contributed by atoms with Gasteiger partial charge in [-0.2, -0.15) is 0 Å². The van der Waals surface area contributed by atoms with E-state index in [1.165, 1.54) is 0 Å². The standard InChI is InChI=1S/C35H55N3O5/c1-7-9-17-30(37-34(42)28(22-39)19-27-15-12-14-26-13-10-11-16-29(26)27)35(43)38-31(18-23(3)4)32(40)20-25(8-2)33(41)36-21-24(5)6/h10-16,23-25,28,30-32,39-40H,7-9,17-22H2,1-6H3,(H,36,41)(H,37,42)(H,38,43)/t25?,28?,30-,31-,32-/m0/s1. The quantitative estimate of drug-likeness (QED) is 0.160. The van der Waals surface area contributed by atoms with E-state index in [-0.39, 0.29) is 42.6 Å². The third-order valence-electron chi connectivity index (χ3n) is 8.01. The fourth-order valence-corrected chi connectivity index (χ4v) is 5.41. The van der Waals surface area contributed by atoms with Gasteiger partial charge < -0.3 is 26.2 Å². The van der Waals surface area contributed by atoms with Crippen LogP contribution in [0.4, 0.5) is 0 Å². The minimum atomic E-state index is -0.917. The Balaban J connectivity index is 2.16. The van der Waals surface area contributed by atoms with Gasteiger partial charge in [0.05, 0.1) is 24.7 Å². The van der Waals surface area contributed by atoms with Crippen molar-refractivity contribution in [3.05, 3.63) is 48.0 Å². The number of hydrogen-bond acceptors (Lipinski definition) is 5. The maximum Gasteiger partial charge on any atom is 0.242 e. The summed E-state index contributed by atoms with van der Waals surface area (Å²) < 4.78 is 0. The molecule has 0 saturated carbocycles. The highest BCUT2D eigenvalue weighted by Crippen LogP contribution is 2.22. The van der Waals surface area contributed by atoms with Crippen molar-refractivity contribution >= 4 is 28.5 Å². The van der Waals surface area contributed by atoms with Crippen molar-refractivity contribution in [3.8, 4) is 0 Å². The Morgan fingerprint density at radius 3 is 2.14 bits per heavy atom. The van der Waals surface area contributed by atoms with Crippen LogP contribution in [0.15, 0.2) is 42.5 Å². The molecule has 3 amide bonds. The normalized spacial score (nSPS) is 15.1. The molecule has 0 aliphatic rings. The lowest BCUT2D eigenvalue weighted by molar-refractivity contribution is -0.133. The number of fused-ring (bicyclic) bond motifs is 1. The number of benzene rings is 2. The number of rotatable bonds is 19. The molecule has 0 aliphatic heterocycles. The van der Waals surface area contributed by atoms with Crippen LogP contribution in [0.2, 0.25) is 0 Å². The molecule has 0 heterocycles. The van der Waals surface area contributed by atoms with Gasteiger partial charge in [-0.25, -0.2) is 0 Å². The van der Waals surface area contributed by atoms with Gasteiger partial charge in [-0.1, -0.05) is 96.8 Å². The summed E-state index contributed by atoms with van der Waals surface area (Å²) in [5.41, 5.74) is 0.963. The van der Waals surface area contributed by atoms with Crippen molar-refractivity contribution in [1.82, 2.24) is 16.0 Å². The first-order chi connectivity index (χ1) is 20.5. The molecule has 43 heavy (non-hydrogen) atoms. The average molecular weight is 598 g/mol. The molecular formula is C35H55N3O5. The van der Waals surface area contributed by atoms with Gasteiger partial charge in [0, 0.05) is 12.5 Å². The van der Waals surface area contributed by atoms with E-state index in [4.69, 9.17) is 0 Å². The van der Waals surface area contributed by atoms with Gasteiger partial charge in [0.25, 0.3) is 0 Å². The summed E-state index contributed by atoms with van der Waals surface area (Å²) in [6.45, 7) is 12.3. The van der Waals surface area contributed by atoms with E-state index >= 15 is 0 Å². The Kier molecular flexibility index (Phi) is 15.7. The summed E-state index contributed by atoms with van der Waals surface area (Å²) in [4.78, 5) is 39.8. The molecule has 8 heteroatoms. The summed E-state index contributed by atoms with van der Waals surface area (Å²) in [5, 5.41) is 32.4. The Labute approximate surface area is 258 Å². The van der Waals surface area contributed by atoms with E-state index < -0.39 is 24.1 Å². The fourth-order valence-electron chi connectivity index (χ4n) is 5.41. The lowest BCUT2D eigenvalue weighted by Gasteiger charge is -2.30. The van der Waals surface area contributed by atoms with Crippen LogP contribution in [-0.4, -0.2) is 59.3 Å². The van der Waals surface area contributed by atoms with Crippen molar-refractivity contribution in [3.63, 3.8) is 0 Å². The second-order valence-electron chi connectivity index (χ2n) is 12.7. The SMILES string of the molecule is CCCC[C@H](NC(=O)C(CO)Cc1cccc2ccccc12)C(=O)N[C@@H](CC(C)C)[C@@H](O)CC(CC)C(=O)NCC(C)C. The highest BCUT2D eigenvalue weighted by Gasteiger charge is 2.31. The Morgan fingerprint density at radius 2 is 1.51 bits per heavy atom. The number of amides is 3. The Morgan fingerprint density at radius 1 is 0.814 bits per heavy atom. The van der Waals surface area contributed by atoms with Gasteiger partial charge >= 0.3 is 0 Å². The van der Waals surface area contributed by atoms with E-state index in [9.17, 15) is 24.6 Å². The first kappa shape index (κ1) is 36.2. The number of unbranched alkanes of at least 4 members (excludes halogenated alkanes) is 1. The number of nitrogens with one attached hydrogen (secondary N) is 3. The second-order valence-corrected chi connectivity index (χ2v) is 12.7. The third kappa shape index (κ3) is 11.9. The number of carbonyl (C=O) groups excluding carboxylic acids is 3. The molecule has 2 aromatic carbocycles. The van der Waals surface area contributed by atoms with Gasteiger partial charge in [-0.3, -0.25) is 14.4 Å². The number of aliphatic hydroxyl groups excluding tert-OH is 2. The minimum Gasteiger partial charge on any atom is -0.396 e. The molecule has 0 aliphatic carbocycles. The van der Waals surface area contributed by atoms with Crippen LogP contribution in [0.25, 0.3) is 10.8 Å².